The summed E-state index contributed by atoms with van der Waals surface area (Å²) in [6.45, 7) is 5.49. The molecule has 7 nitrogen and oxygen atoms in total. The van der Waals surface area contributed by atoms with E-state index in [9.17, 15) is 4.79 Å². The number of methoxy groups -OCH3 is 2. The number of ether oxygens (including phenoxy) is 2. The van der Waals surface area contributed by atoms with Gasteiger partial charge in [-0.2, -0.15) is 0 Å². The predicted octanol–water partition coefficient (Wildman–Crippen LogP) is 3.42. The zero-order chi connectivity index (χ0) is 22.9. The van der Waals surface area contributed by atoms with Crippen molar-refractivity contribution in [2.75, 3.05) is 34.4 Å². The molecule has 0 atom stereocenters. The monoisotopic (exact) mass is 438 g/mol. The summed E-state index contributed by atoms with van der Waals surface area (Å²) in [6.07, 6.45) is 1.23. The minimum atomic E-state index is 0.192. The molecule has 0 radical (unpaired) electrons. The van der Waals surface area contributed by atoms with Crippen LogP contribution < -0.4 is 14.8 Å². The van der Waals surface area contributed by atoms with E-state index in [2.05, 4.69) is 22.3 Å². The number of hydrogen-bond acceptors (Lipinski definition) is 4. The minimum absolute atomic E-state index is 0.192. The van der Waals surface area contributed by atoms with Crippen LogP contribution in [0.3, 0.4) is 0 Å². The predicted molar refractivity (Wildman–Crippen MR) is 127 cm³/mol. The maximum absolute atomic E-state index is 12.6. The van der Waals surface area contributed by atoms with Crippen molar-refractivity contribution in [1.29, 1.82) is 0 Å². The molecule has 2 aromatic rings. The number of carbonyl (C=O) groups is 1. The number of fused-ring (bicyclic) bond motifs is 1. The number of benzene rings is 2. The number of carbonyl (C=O) groups excluding carboxylic acids is 1. The van der Waals surface area contributed by atoms with Gasteiger partial charge < -0.3 is 24.6 Å². The van der Waals surface area contributed by atoms with Crippen LogP contribution in [0.5, 0.6) is 11.5 Å². The van der Waals surface area contributed by atoms with Crippen molar-refractivity contribution in [3.05, 3.63) is 59.2 Å². The van der Waals surface area contributed by atoms with Crippen LogP contribution in [0.4, 0.5) is 0 Å². The van der Waals surface area contributed by atoms with Gasteiger partial charge in [0.05, 0.1) is 14.2 Å². The Morgan fingerprint density at radius 2 is 1.84 bits per heavy atom. The van der Waals surface area contributed by atoms with Crippen molar-refractivity contribution in [3.63, 3.8) is 0 Å². The summed E-state index contributed by atoms with van der Waals surface area (Å²) in [7, 11) is 5.30. The third kappa shape index (κ3) is 5.93. The van der Waals surface area contributed by atoms with Gasteiger partial charge in [0.15, 0.2) is 5.96 Å². The lowest BCUT2D eigenvalue weighted by Crippen LogP contribution is -2.38. The van der Waals surface area contributed by atoms with Crippen molar-refractivity contribution in [2.24, 2.45) is 4.99 Å². The molecule has 0 aromatic heterocycles. The Hall–Kier alpha value is -3.22. The second-order valence-corrected chi connectivity index (χ2v) is 7.89. The van der Waals surface area contributed by atoms with E-state index < -0.39 is 0 Å². The fraction of sp³-hybridized carbons (Fsp3) is 0.440. The molecule has 0 spiro atoms. The minimum Gasteiger partial charge on any atom is -0.497 e. The number of nitrogens with zero attached hydrogens (tertiary/aromatic N) is 3. The van der Waals surface area contributed by atoms with E-state index >= 15 is 0 Å². The second kappa shape index (κ2) is 11.4. The zero-order valence-corrected chi connectivity index (χ0v) is 19.6. The number of amides is 1. The second-order valence-electron chi connectivity index (χ2n) is 7.89. The van der Waals surface area contributed by atoms with Gasteiger partial charge in [0, 0.05) is 57.8 Å². The van der Waals surface area contributed by atoms with Gasteiger partial charge in [0.1, 0.15) is 11.5 Å². The molecule has 1 aliphatic rings. The molecule has 1 heterocycles. The molecular weight excluding hydrogens is 404 g/mol. The average Bonchev–Trinajstić information content (AvgIpc) is 3.25. The van der Waals surface area contributed by atoms with E-state index in [1.807, 2.05) is 49.2 Å². The van der Waals surface area contributed by atoms with Gasteiger partial charge in [-0.3, -0.25) is 9.79 Å². The molecule has 7 heteroatoms. The molecule has 172 valence electrons. The standard InChI is InChI=1S/C25H34N4O3/c1-5-26-25(28(2)16-21-12-13-22(31-3)15-23(21)32-4)27-14-8-11-24(30)29-17-19-9-6-7-10-20(19)18-29/h6-7,9-10,12-13,15H,5,8,11,14,16-18H2,1-4H3,(H,26,27). The quantitative estimate of drug-likeness (QED) is 0.369. The fourth-order valence-electron chi connectivity index (χ4n) is 3.87. The lowest BCUT2D eigenvalue weighted by Gasteiger charge is -2.23. The molecule has 3 rings (SSSR count). The van der Waals surface area contributed by atoms with Crippen LogP contribution in [0.2, 0.25) is 0 Å². The van der Waals surface area contributed by atoms with Gasteiger partial charge in [-0.15, -0.1) is 0 Å². The van der Waals surface area contributed by atoms with E-state index in [0.29, 0.717) is 32.6 Å². The topological polar surface area (TPSA) is 66.4 Å². The van der Waals surface area contributed by atoms with Gasteiger partial charge in [0.25, 0.3) is 0 Å². The first kappa shape index (κ1) is 23.4. The molecule has 0 fully saturated rings. The molecule has 1 amide bonds. The molecule has 0 unspecified atom stereocenters. The molecule has 1 N–H and O–H groups in total. The highest BCUT2D eigenvalue weighted by molar-refractivity contribution is 5.80. The first-order valence-electron chi connectivity index (χ1n) is 11.1. The maximum atomic E-state index is 12.6. The number of hydrogen-bond donors (Lipinski definition) is 1. The third-order valence-electron chi connectivity index (χ3n) is 5.60. The van der Waals surface area contributed by atoms with E-state index in [4.69, 9.17) is 14.5 Å². The van der Waals surface area contributed by atoms with E-state index in [0.717, 1.165) is 36.0 Å². The van der Waals surface area contributed by atoms with Crippen molar-refractivity contribution >= 4 is 11.9 Å². The zero-order valence-electron chi connectivity index (χ0n) is 19.6. The number of rotatable bonds is 9. The van der Waals surface area contributed by atoms with Gasteiger partial charge in [0.2, 0.25) is 5.91 Å². The van der Waals surface area contributed by atoms with Crippen molar-refractivity contribution < 1.29 is 14.3 Å². The van der Waals surface area contributed by atoms with Crippen LogP contribution in [0.25, 0.3) is 0 Å². The van der Waals surface area contributed by atoms with Crippen molar-refractivity contribution in [3.8, 4) is 11.5 Å². The fourth-order valence-corrected chi connectivity index (χ4v) is 3.87. The Balaban J connectivity index is 1.53. The first-order valence-corrected chi connectivity index (χ1v) is 11.1. The van der Waals surface area contributed by atoms with E-state index in [1.54, 1.807) is 14.2 Å². The van der Waals surface area contributed by atoms with Crippen LogP contribution in [0.15, 0.2) is 47.5 Å². The summed E-state index contributed by atoms with van der Waals surface area (Å²) in [5.74, 6) is 2.55. The van der Waals surface area contributed by atoms with Crippen LogP contribution in [-0.2, 0) is 24.4 Å². The smallest absolute Gasteiger partial charge is 0.223 e. The van der Waals surface area contributed by atoms with Crippen molar-refractivity contribution in [2.45, 2.75) is 39.4 Å². The molecule has 2 aromatic carbocycles. The van der Waals surface area contributed by atoms with Crippen LogP contribution in [0, 0.1) is 0 Å². The normalized spacial score (nSPS) is 13.0. The van der Waals surface area contributed by atoms with Gasteiger partial charge >= 0.3 is 0 Å². The van der Waals surface area contributed by atoms with Crippen LogP contribution in [-0.4, -0.2) is 56.0 Å². The molecule has 0 aliphatic carbocycles. The van der Waals surface area contributed by atoms with Gasteiger partial charge in [-0.25, -0.2) is 0 Å². The number of aliphatic imine (C=N–C) groups is 1. The Kier molecular flexibility index (Phi) is 8.36. The summed E-state index contributed by atoms with van der Waals surface area (Å²) >= 11 is 0. The highest BCUT2D eigenvalue weighted by atomic mass is 16.5. The van der Waals surface area contributed by atoms with E-state index in [1.165, 1.54) is 11.1 Å². The summed E-state index contributed by atoms with van der Waals surface area (Å²) in [6, 6.07) is 14.1. The maximum Gasteiger partial charge on any atom is 0.223 e. The van der Waals surface area contributed by atoms with Crippen molar-refractivity contribution in [1.82, 2.24) is 15.1 Å². The largest absolute Gasteiger partial charge is 0.497 e. The molecule has 32 heavy (non-hydrogen) atoms. The van der Waals surface area contributed by atoms with Crippen LogP contribution >= 0.6 is 0 Å². The molecule has 1 aliphatic heterocycles. The Morgan fingerprint density at radius 1 is 1.12 bits per heavy atom. The van der Waals surface area contributed by atoms with Gasteiger partial charge in [-0.05, 0) is 36.6 Å². The number of guanidine groups is 1. The summed E-state index contributed by atoms with van der Waals surface area (Å²) in [5.41, 5.74) is 3.55. The molecule has 0 saturated carbocycles. The van der Waals surface area contributed by atoms with E-state index in [-0.39, 0.29) is 5.91 Å². The Labute approximate surface area is 191 Å². The van der Waals surface area contributed by atoms with Gasteiger partial charge in [-0.1, -0.05) is 24.3 Å². The highest BCUT2D eigenvalue weighted by Gasteiger charge is 2.22. The lowest BCUT2D eigenvalue weighted by molar-refractivity contribution is -0.131. The Morgan fingerprint density at radius 3 is 2.47 bits per heavy atom. The lowest BCUT2D eigenvalue weighted by atomic mass is 10.1. The summed E-state index contributed by atoms with van der Waals surface area (Å²) in [5, 5.41) is 3.33. The SMILES string of the molecule is CCNC(=NCCCC(=O)N1Cc2ccccc2C1)N(C)Cc1ccc(OC)cc1OC. The highest BCUT2D eigenvalue weighted by Crippen LogP contribution is 2.26. The van der Waals surface area contributed by atoms with Crippen LogP contribution in [0.1, 0.15) is 36.5 Å². The first-order chi connectivity index (χ1) is 15.5. The number of nitrogens with one attached hydrogen (secondary N) is 1. The Bertz CT molecular complexity index is 920. The third-order valence-corrected chi connectivity index (χ3v) is 5.60. The average molecular weight is 439 g/mol. The molecule has 0 bridgehead atoms. The molecule has 0 saturated heterocycles. The summed E-state index contributed by atoms with van der Waals surface area (Å²) in [4.78, 5) is 21.3. The molecular formula is C25H34N4O3. The summed E-state index contributed by atoms with van der Waals surface area (Å²) < 4.78 is 10.8.